The summed E-state index contributed by atoms with van der Waals surface area (Å²) in [5, 5.41) is 4.61. The Kier molecular flexibility index (Phi) is 7.42. The first-order chi connectivity index (χ1) is 10.2. The highest BCUT2D eigenvalue weighted by Crippen LogP contribution is 2.33. The molecule has 0 radical (unpaired) electrons. The molecule has 3 atom stereocenters. The average molecular weight is 326 g/mol. The molecule has 0 heterocycles. The van der Waals surface area contributed by atoms with Crippen molar-refractivity contribution in [2.24, 2.45) is 11.8 Å². The molecular weight excluding hydrogens is 298 g/mol. The van der Waals surface area contributed by atoms with Crippen LogP contribution in [-0.4, -0.2) is 18.3 Å². The fraction of sp³-hybridized carbons (Fsp3) is 0.667. The summed E-state index contributed by atoms with van der Waals surface area (Å²) in [6.45, 7) is 5.80. The van der Waals surface area contributed by atoms with E-state index < -0.39 is 0 Å². The van der Waals surface area contributed by atoms with Crippen LogP contribution in [0.5, 0.6) is 0 Å². The van der Waals surface area contributed by atoms with Crippen LogP contribution in [0.4, 0.5) is 0 Å². The summed E-state index contributed by atoms with van der Waals surface area (Å²) >= 11 is 7.92. The molecule has 1 aliphatic carbocycles. The van der Waals surface area contributed by atoms with Crippen LogP contribution in [0.1, 0.15) is 46.0 Å². The molecule has 0 bridgehead atoms. The van der Waals surface area contributed by atoms with Gasteiger partial charge in [0.05, 0.1) is 0 Å². The van der Waals surface area contributed by atoms with Crippen LogP contribution in [-0.2, 0) is 0 Å². The molecule has 1 fully saturated rings. The predicted octanol–water partition coefficient (Wildman–Crippen LogP) is 5.63. The molecule has 2 rings (SSSR count). The van der Waals surface area contributed by atoms with Crippen molar-refractivity contribution in [1.29, 1.82) is 0 Å². The van der Waals surface area contributed by atoms with E-state index in [1.807, 2.05) is 23.9 Å². The van der Waals surface area contributed by atoms with Crippen LogP contribution < -0.4 is 5.32 Å². The summed E-state index contributed by atoms with van der Waals surface area (Å²) < 4.78 is 0. The molecule has 3 unspecified atom stereocenters. The Morgan fingerprint density at radius 1 is 1.29 bits per heavy atom. The molecular formula is C18H28ClNS. The lowest BCUT2D eigenvalue weighted by atomic mass is 9.79. The number of halogens is 1. The number of rotatable bonds is 7. The van der Waals surface area contributed by atoms with Gasteiger partial charge in [-0.1, -0.05) is 38.3 Å². The Morgan fingerprint density at radius 2 is 2.05 bits per heavy atom. The topological polar surface area (TPSA) is 12.0 Å². The minimum atomic E-state index is 0.647. The summed E-state index contributed by atoms with van der Waals surface area (Å²) in [5.74, 6) is 2.91. The van der Waals surface area contributed by atoms with E-state index in [9.17, 15) is 0 Å². The fourth-order valence-electron chi connectivity index (χ4n) is 3.25. The lowest BCUT2D eigenvalue weighted by Gasteiger charge is -2.34. The first-order valence-electron chi connectivity index (χ1n) is 8.30. The van der Waals surface area contributed by atoms with Crippen molar-refractivity contribution in [3.05, 3.63) is 29.3 Å². The van der Waals surface area contributed by atoms with Crippen LogP contribution in [0, 0.1) is 11.8 Å². The van der Waals surface area contributed by atoms with Gasteiger partial charge in [-0.25, -0.2) is 0 Å². The molecule has 1 aliphatic rings. The Hall–Kier alpha value is -0.180. The first-order valence-corrected chi connectivity index (χ1v) is 9.67. The molecule has 21 heavy (non-hydrogen) atoms. The standard InChI is InChI=1S/C18H28ClNS/c1-3-11-20-18(15-6-4-5-14(2)12-15)13-21-17-9-7-16(19)8-10-17/h7-10,14-15,18,20H,3-6,11-13H2,1-2H3. The second-order valence-corrected chi connectivity index (χ2v) is 7.89. The summed E-state index contributed by atoms with van der Waals surface area (Å²) in [7, 11) is 0. The van der Waals surface area contributed by atoms with Gasteiger partial charge in [-0.2, -0.15) is 0 Å². The molecule has 0 spiro atoms. The molecule has 1 saturated carbocycles. The van der Waals surface area contributed by atoms with Gasteiger partial charge in [0.2, 0.25) is 0 Å². The zero-order chi connectivity index (χ0) is 15.1. The molecule has 0 saturated heterocycles. The first kappa shape index (κ1) is 17.2. The van der Waals surface area contributed by atoms with E-state index >= 15 is 0 Å². The van der Waals surface area contributed by atoms with Crippen LogP contribution in [0.2, 0.25) is 5.02 Å². The molecule has 1 aromatic rings. The third-order valence-electron chi connectivity index (χ3n) is 4.45. The molecule has 1 aromatic carbocycles. The molecule has 1 N–H and O–H groups in total. The number of thioether (sulfide) groups is 1. The molecule has 0 aliphatic heterocycles. The van der Waals surface area contributed by atoms with Crippen molar-refractivity contribution < 1.29 is 0 Å². The van der Waals surface area contributed by atoms with Crippen LogP contribution >= 0.6 is 23.4 Å². The van der Waals surface area contributed by atoms with Crippen molar-refractivity contribution >= 4 is 23.4 Å². The summed E-state index contributed by atoms with van der Waals surface area (Å²) in [6.07, 6.45) is 6.82. The van der Waals surface area contributed by atoms with Gasteiger partial charge < -0.3 is 5.32 Å². The Labute approximate surface area is 139 Å². The van der Waals surface area contributed by atoms with Crippen molar-refractivity contribution in [2.75, 3.05) is 12.3 Å². The quantitative estimate of drug-likeness (QED) is 0.652. The van der Waals surface area contributed by atoms with Crippen LogP contribution in [0.25, 0.3) is 0 Å². The van der Waals surface area contributed by atoms with E-state index in [-0.39, 0.29) is 0 Å². The highest BCUT2D eigenvalue weighted by molar-refractivity contribution is 7.99. The summed E-state index contributed by atoms with van der Waals surface area (Å²) in [4.78, 5) is 1.33. The maximum absolute atomic E-state index is 5.96. The predicted molar refractivity (Wildman–Crippen MR) is 95.4 cm³/mol. The molecule has 3 heteroatoms. The minimum Gasteiger partial charge on any atom is -0.313 e. The summed E-state index contributed by atoms with van der Waals surface area (Å²) in [5.41, 5.74) is 0. The van der Waals surface area contributed by atoms with Crippen molar-refractivity contribution in [1.82, 2.24) is 5.32 Å². The highest BCUT2D eigenvalue weighted by Gasteiger charge is 2.26. The largest absolute Gasteiger partial charge is 0.313 e. The zero-order valence-electron chi connectivity index (χ0n) is 13.3. The van der Waals surface area contributed by atoms with Crippen molar-refractivity contribution in [2.45, 2.75) is 56.9 Å². The van der Waals surface area contributed by atoms with Gasteiger partial charge in [0.1, 0.15) is 0 Å². The number of benzene rings is 1. The van der Waals surface area contributed by atoms with Gasteiger partial charge in [0.15, 0.2) is 0 Å². The van der Waals surface area contributed by atoms with Crippen molar-refractivity contribution in [3.8, 4) is 0 Å². The second-order valence-electron chi connectivity index (χ2n) is 6.36. The molecule has 118 valence electrons. The molecule has 1 nitrogen and oxygen atoms in total. The SMILES string of the molecule is CCCNC(CSc1ccc(Cl)cc1)C1CCCC(C)C1. The van der Waals surface area contributed by atoms with Gasteiger partial charge in [-0.15, -0.1) is 11.8 Å². The lowest BCUT2D eigenvalue weighted by molar-refractivity contribution is 0.234. The van der Waals surface area contributed by atoms with E-state index in [1.54, 1.807) is 0 Å². The van der Waals surface area contributed by atoms with Crippen LogP contribution in [0.3, 0.4) is 0 Å². The summed E-state index contributed by atoms with van der Waals surface area (Å²) in [6, 6.07) is 8.89. The Morgan fingerprint density at radius 3 is 2.71 bits per heavy atom. The van der Waals surface area contributed by atoms with Gasteiger partial charge in [-0.05, 0) is 61.9 Å². The van der Waals surface area contributed by atoms with Crippen molar-refractivity contribution in [3.63, 3.8) is 0 Å². The maximum Gasteiger partial charge on any atom is 0.0406 e. The Bertz CT molecular complexity index is 406. The average Bonchev–Trinajstić information content (AvgIpc) is 2.49. The van der Waals surface area contributed by atoms with E-state index in [4.69, 9.17) is 11.6 Å². The van der Waals surface area contributed by atoms with Gasteiger partial charge in [0.25, 0.3) is 0 Å². The van der Waals surface area contributed by atoms with E-state index in [2.05, 4.69) is 31.3 Å². The normalized spacial score (nSPS) is 24.0. The monoisotopic (exact) mass is 325 g/mol. The van der Waals surface area contributed by atoms with Gasteiger partial charge in [0, 0.05) is 21.7 Å². The Balaban J connectivity index is 1.90. The number of hydrogen-bond acceptors (Lipinski definition) is 2. The molecule has 0 aromatic heterocycles. The van der Waals surface area contributed by atoms with E-state index in [0.717, 1.165) is 23.4 Å². The van der Waals surface area contributed by atoms with Gasteiger partial charge >= 0.3 is 0 Å². The lowest BCUT2D eigenvalue weighted by Crippen LogP contribution is -2.40. The third-order valence-corrected chi connectivity index (χ3v) is 5.83. The van der Waals surface area contributed by atoms with Gasteiger partial charge in [-0.3, -0.25) is 0 Å². The maximum atomic E-state index is 5.96. The third kappa shape index (κ3) is 5.84. The number of hydrogen-bond donors (Lipinski definition) is 1. The van der Waals surface area contributed by atoms with Crippen LogP contribution in [0.15, 0.2) is 29.2 Å². The van der Waals surface area contributed by atoms with E-state index in [0.29, 0.717) is 6.04 Å². The zero-order valence-corrected chi connectivity index (χ0v) is 14.8. The minimum absolute atomic E-state index is 0.647. The number of nitrogens with one attached hydrogen (secondary N) is 1. The fourth-order valence-corrected chi connectivity index (χ4v) is 4.47. The second kappa shape index (κ2) is 9.07. The highest BCUT2D eigenvalue weighted by atomic mass is 35.5. The van der Waals surface area contributed by atoms with E-state index in [1.165, 1.54) is 42.8 Å². The smallest absolute Gasteiger partial charge is 0.0406 e. The molecule has 0 amide bonds.